The number of rotatable bonds is 5. The Kier molecular flexibility index (Phi) is 6.00. The molecular formula is C51H30N4S2. The van der Waals surface area contributed by atoms with Crippen LogP contribution in [0.3, 0.4) is 0 Å². The lowest BCUT2D eigenvalue weighted by atomic mass is 9.97. The highest BCUT2D eigenvalue weighted by Gasteiger charge is 2.24. The summed E-state index contributed by atoms with van der Waals surface area (Å²) in [5, 5.41) is 4.90. The minimum Gasteiger partial charge on any atom is -0.308 e. The van der Waals surface area contributed by atoms with Gasteiger partial charge in [0, 0.05) is 78.9 Å². The second kappa shape index (κ2) is 12.8. The van der Waals surface area contributed by atoms with Gasteiger partial charge in [-0.25, -0.2) is 15.0 Å². The number of aromatic nitrogens is 4. The Morgan fingerprint density at radius 3 is 1.81 bits per heavy atom. The number of nitrogens with zero attached hydrogens (tertiary/aromatic N) is 4. The Balaban J connectivity index is 1.24. The van der Waals surface area contributed by atoms with E-state index in [4.69, 9.17) is 19.1 Å². The van der Waals surface area contributed by atoms with Crippen molar-refractivity contribution < 1.29 is 8.22 Å². The van der Waals surface area contributed by atoms with E-state index in [9.17, 15) is 4.11 Å². The van der Waals surface area contributed by atoms with Crippen LogP contribution in [0.4, 0.5) is 0 Å². The molecule has 0 amide bonds. The summed E-state index contributed by atoms with van der Waals surface area (Å²) in [5.74, 6) is 1.40. The number of para-hydroxylation sites is 3. The first kappa shape index (κ1) is 26.8. The maximum absolute atomic E-state index is 9.64. The van der Waals surface area contributed by atoms with Crippen LogP contribution in [0.2, 0.25) is 0 Å². The minimum absolute atomic E-state index is 0.0618. The largest absolute Gasteiger partial charge is 0.308 e. The standard InChI is InChI=1S/C51H30N4S2/c1-2-15-31(16-3-1)49-52-50(54-51(53-49)41-26-14-23-38-35-20-7-11-30-45(35)57-48(38)41)40-25-12-21-36(39-24-13-22-37-34-19-6-10-29-44(34)56-47(37)39)46(40)55-42-27-8-4-17-32(42)33-18-5-9-28-43(33)55/h1-30H/i6D,13D,19D,22D,24D,29D. The Hall–Kier alpha value is -6.99. The van der Waals surface area contributed by atoms with E-state index in [1.807, 2.05) is 78.9 Å². The quantitative estimate of drug-likeness (QED) is 0.175. The molecule has 0 bridgehead atoms. The summed E-state index contributed by atoms with van der Waals surface area (Å²) in [6.07, 6.45) is 0. The molecule has 0 spiro atoms. The van der Waals surface area contributed by atoms with E-state index in [1.165, 1.54) is 27.5 Å². The van der Waals surface area contributed by atoms with Gasteiger partial charge in [0.25, 0.3) is 0 Å². The van der Waals surface area contributed by atoms with Gasteiger partial charge in [-0.05, 0) is 36.4 Å². The lowest BCUT2D eigenvalue weighted by Crippen LogP contribution is -2.05. The molecular weight excluding hydrogens is 733 g/mol. The maximum atomic E-state index is 9.64. The van der Waals surface area contributed by atoms with Gasteiger partial charge in [0.05, 0.1) is 24.9 Å². The van der Waals surface area contributed by atoms with Crippen molar-refractivity contribution in [2.24, 2.45) is 0 Å². The summed E-state index contributed by atoms with van der Waals surface area (Å²) >= 11 is 2.93. The smallest absolute Gasteiger partial charge is 0.166 e. The highest BCUT2D eigenvalue weighted by Crippen LogP contribution is 2.46. The fourth-order valence-electron chi connectivity index (χ4n) is 8.15. The monoisotopic (exact) mass is 768 g/mol. The van der Waals surface area contributed by atoms with Gasteiger partial charge in [-0.2, -0.15) is 0 Å². The summed E-state index contributed by atoms with van der Waals surface area (Å²) in [4.78, 5) is 15.8. The van der Waals surface area contributed by atoms with Crippen LogP contribution in [0, 0.1) is 0 Å². The van der Waals surface area contributed by atoms with Crippen molar-refractivity contribution in [1.29, 1.82) is 0 Å². The lowest BCUT2D eigenvalue weighted by Gasteiger charge is -2.19. The molecule has 0 aliphatic rings. The summed E-state index contributed by atoms with van der Waals surface area (Å²) in [6, 6.07) is 47.2. The molecule has 57 heavy (non-hydrogen) atoms. The number of thiophene rings is 2. The van der Waals surface area contributed by atoms with Crippen LogP contribution in [0.1, 0.15) is 8.22 Å². The molecule has 0 N–H and O–H groups in total. The lowest BCUT2D eigenvalue weighted by molar-refractivity contribution is 1.07. The molecule has 0 unspecified atom stereocenters. The van der Waals surface area contributed by atoms with Gasteiger partial charge in [0.2, 0.25) is 0 Å². The molecule has 8 aromatic carbocycles. The van der Waals surface area contributed by atoms with Gasteiger partial charge in [-0.3, -0.25) is 0 Å². The minimum atomic E-state index is -0.303. The van der Waals surface area contributed by atoms with Gasteiger partial charge in [-0.15, -0.1) is 22.7 Å². The molecule has 12 rings (SSSR count). The zero-order valence-electron chi connectivity index (χ0n) is 36.0. The number of hydrogen-bond acceptors (Lipinski definition) is 5. The van der Waals surface area contributed by atoms with Gasteiger partial charge >= 0.3 is 0 Å². The third kappa shape index (κ3) is 5.01. The predicted octanol–water partition coefficient (Wildman–Crippen LogP) is 14.4. The third-order valence-electron chi connectivity index (χ3n) is 10.6. The zero-order chi connectivity index (χ0) is 42.7. The molecule has 12 aromatic rings. The second-order valence-corrected chi connectivity index (χ2v) is 15.9. The SMILES string of the molecule is [2H]c1cc([2H])c2sc3c(-c4cccc(-c5nc(-c6ccccc6)nc(-c6cccc7c6sc6ccccc67)n5)c4-n4c5ccccc5c5ccccc54)c([2H])c([2H])c([2H])c3c2c1[2H]. The average molecular weight is 769 g/mol. The molecule has 0 atom stereocenters. The summed E-state index contributed by atoms with van der Waals surface area (Å²) in [7, 11) is 0. The second-order valence-electron chi connectivity index (χ2n) is 13.8. The summed E-state index contributed by atoms with van der Waals surface area (Å²) < 4.78 is 59.7. The molecule has 0 saturated carbocycles. The third-order valence-corrected chi connectivity index (χ3v) is 13.0. The van der Waals surface area contributed by atoms with Crippen molar-refractivity contribution >= 4 is 84.8 Å². The van der Waals surface area contributed by atoms with E-state index in [0.717, 1.165) is 43.0 Å². The van der Waals surface area contributed by atoms with Crippen molar-refractivity contribution in [3.05, 3.63) is 182 Å². The van der Waals surface area contributed by atoms with Crippen molar-refractivity contribution in [2.45, 2.75) is 0 Å². The van der Waals surface area contributed by atoms with Crippen molar-refractivity contribution in [2.75, 3.05) is 0 Å². The van der Waals surface area contributed by atoms with Gasteiger partial charge in [0.15, 0.2) is 17.5 Å². The van der Waals surface area contributed by atoms with Gasteiger partial charge < -0.3 is 4.57 Å². The molecule has 4 aromatic heterocycles. The predicted molar refractivity (Wildman–Crippen MR) is 242 cm³/mol. The Morgan fingerprint density at radius 1 is 0.386 bits per heavy atom. The molecule has 0 fully saturated rings. The van der Waals surface area contributed by atoms with Crippen molar-refractivity contribution in [1.82, 2.24) is 19.5 Å². The zero-order valence-corrected chi connectivity index (χ0v) is 31.6. The Morgan fingerprint density at radius 2 is 0.982 bits per heavy atom. The topological polar surface area (TPSA) is 43.6 Å². The van der Waals surface area contributed by atoms with E-state index in [0.29, 0.717) is 54.6 Å². The highest BCUT2D eigenvalue weighted by molar-refractivity contribution is 7.26. The van der Waals surface area contributed by atoms with Crippen LogP contribution in [-0.2, 0) is 0 Å². The first-order valence-electron chi connectivity index (χ1n) is 21.5. The van der Waals surface area contributed by atoms with Crippen LogP contribution in [0.25, 0.3) is 113 Å². The first-order valence-corrected chi connectivity index (χ1v) is 20.2. The normalized spacial score (nSPS) is 13.3. The van der Waals surface area contributed by atoms with E-state index < -0.39 is 0 Å². The van der Waals surface area contributed by atoms with Crippen LogP contribution < -0.4 is 0 Å². The maximum Gasteiger partial charge on any atom is 0.166 e. The molecule has 4 heterocycles. The average Bonchev–Trinajstić information content (AvgIpc) is 4.01. The fourth-order valence-corrected chi connectivity index (χ4v) is 10.5. The van der Waals surface area contributed by atoms with Crippen LogP contribution in [0.15, 0.2) is 182 Å². The van der Waals surface area contributed by atoms with Gasteiger partial charge in [0.1, 0.15) is 0 Å². The number of benzene rings is 8. The Bertz CT molecular complexity index is 3840. The molecule has 4 nitrogen and oxygen atoms in total. The molecule has 0 aliphatic heterocycles. The van der Waals surface area contributed by atoms with Crippen LogP contribution in [0.5, 0.6) is 0 Å². The molecule has 6 heteroatoms. The number of fused-ring (bicyclic) bond motifs is 9. The molecule has 0 aliphatic carbocycles. The van der Waals surface area contributed by atoms with E-state index in [1.54, 1.807) is 11.3 Å². The van der Waals surface area contributed by atoms with E-state index in [2.05, 4.69) is 65.2 Å². The van der Waals surface area contributed by atoms with Crippen molar-refractivity contribution in [3.63, 3.8) is 0 Å². The fraction of sp³-hybridized carbons (Fsp3) is 0. The van der Waals surface area contributed by atoms with E-state index >= 15 is 0 Å². The van der Waals surface area contributed by atoms with Gasteiger partial charge in [-0.1, -0.05) is 145 Å². The summed E-state index contributed by atoms with van der Waals surface area (Å²) in [5.41, 5.74) is 5.80. The first-order chi connectivity index (χ1) is 30.8. The molecule has 0 radical (unpaired) electrons. The Labute approximate surface area is 344 Å². The molecule has 266 valence electrons. The highest BCUT2D eigenvalue weighted by atomic mass is 32.1. The van der Waals surface area contributed by atoms with Crippen LogP contribution in [-0.4, -0.2) is 19.5 Å². The van der Waals surface area contributed by atoms with Crippen LogP contribution >= 0.6 is 22.7 Å². The molecule has 0 saturated heterocycles. The number of hydrogen-bond donors (Lipinski definition) is 0. The van der Waals surface area contributed by atoms with Crippen molar-refractivity contribution in [3.8, 4) is 51.0 Å². The summed E-state index contributed by atoms with van der Waals surface area (Å²) in [6.45, 7) is 0. The van der Waals surface area contributed by atoms with E-state index in [-0.39, 0.29) is 41.6 Å².